The molecule has 6 nitrogen and oxygen atoms in total. The number of likely N-dealkylation sites (tertiary alicyclic amines) is 1. The van der Waals surface area contributed by atoms with Crippen molar-refractivity contribution in [3.8, 4) is 0 Å². The maximum Gasteiger partial charge on any atom is 0.241 e. The van der Waals surface area contributed by atoms with Gasteiger partial charge in [0.2, 0.25) is 20.8 Å². The Kier molecular flexibility index (Phi) is 5.91. The highest BCUT2D eigenvalue weighted by Gasteiger charge is 2.23. The smallest absolute Gasteiger partial charge is 0.241 e. The third-order valence-corrected chi connectivity index (χ3v) is 4.01. The lowest BCUT2D eigenvalue weighted by atomic mass is 10.4. The molecular formula is C7H16F2N2O4S2. The molecule has 1 aliphatic heterocycles. The van der Waals surface area contributed by atoms with Gasteiger partial charge < -0.3 is 8.61 Å². The summed E-state index contributed by atoms with van der Waals surface area (Å²) < 4.78 is 61.4. The second-order valence-electron chi connectivity index (χ2n) is 3.99. The summed E-state index contributed by atoms with van der Waals surface area (Å²) in [5, 5.41) is 0. The first-order valence-electron chi connectivity index (χ1n) is 4.94. The highest BCUT2D eigenvalue weighted by molar-refractivity contribution is 8.07. The quantitative estimate of drug-likeness (QED) is 0.575. The highest BCUT2D eigenvalue weighted by Crippen LogP contribution is 2.14. The van der Waals surface area contributed by atoms with Crippen LogP contribution in [0, 0.1) is 0 Å². The molecule has 0 atom stereocenters. The Hall–Kier alpha value is -0.320. The summed E-state index contributed by atoms with van der Waals surface area (Å²) in [5.41, 5.74) is 0. The van der Waals surface area contributed by atoms with Crippen LogP contribution in [0.2, 0.25) is 0 Å². The van der Waals surface area contributed by atoms with Gasteiger partial charge in [0, 0.05) is 12.8 Å². The summed E-state index contributed by atoms with van der Waals surface area (Å²) in [6, 6.07) is 0. The van der Waals surface area contributed by atoms with Gasteiger partial charge in [0.05, 0.1) is 26.7 Å². The number of halogens is 2. The van der Waals surface area contributed by atoms with Crippen molar-refractivity contribution in [1.82, 2.24) is 0 Å². The van der Waals surface area contributed by atoms with Crippen molar-refractivity contribution >= 4 is 20.8 Å². The molecule has 0 aromatic heterocycles. The fraction of sp³-hybridized carbons (Fsp3) is 1.00. The normalized spacial score (nSPS) is 19.5. The van der Waals surface area contributed by atoms with Gasteiger partial charge in [-0.25, -0.2) is 16.8 Å². The van der Waals surface area contributed by atoms with Gasteiger partial charge in [-0.1, -0.05) is 0 Å². The molecule has 10 heteroatoms. The van der Waals surface area contributed by atoms with E-state index in [1.165, 1.54) is 37.0 Å². The molecule has 1 fully saturated rings. The van der Waals surface area contributed by atoms with Crippen molar-refractivity contribution in [3.05, 3.63) is 4.13 Å². The molecule has 0 saturated carbocycles. The average molecular weight is 294 g/mol. The van der Waals surface area contributed by atoms with Gasteiger partial charge in [0.15, 0.2) is 0 Å². The van der Waals surface area contributed by atoms with Crippen molar-refractivity contribution in [3.63, 3.8) is 0 Å². The molecule has 0 aromatic carbocycles. The Morgan fingerprint density at radius 2 is 1.41 bits per heavy atom. The maximum atomic E-state index is 11.1. The molecule has 0 N–H and O–H groups in total. The number of quaternary nitrogens is 1. The summed E-state index contributed by atoms with van der Waals surface area (Å²) >= 11 is 0. The van der Waals surface area contributed by atoms with Crippen molar-refractivity contribution in [2.75, 3.05) is 26.7 Å². The number of rotatable bonds is 3. The predicted octanol–water partition coefficient (Wildman–Crippen LogP) is 1.04. The van der Waals surface area contributed by atoms with Crippen LogP contribution in [0.25, 0.3) is 4.13 Å². The Balaban J connectivity index is 0.000000302. The molecule has 0 aliphatic carbocycles. The lowest BCUT2D eigenvalue weighted by Crippen LogP contribution is -2.40. The van der Waals surface area contributed by atoms with E-state index in [1.54, 1.807) is 0 Å². The van der Waals surface area contributed by atoms with Gasteiger partial charge in [0.25, 0.3) is 0 Å². The van der Waals surface area contributed by atoms with E-state index in [-0.39, 0.29) is 0 Å². The van der Waals surface area contributed by atoms with E-state index < -0.39 is 20.8 Å². The van der Waals surface area contributed by atoms with Crippen molar-refractivity contribution in [2.45, 2.75) is 19.8 Å². The van der Waals surface area contributed by atoms with Crippen molar-refractivity contribution < 1.29 is 29.1 Å². The molecule has 1 saturated heterocycles. The van der Waals surface area contributed by atoms with Crippen LogP contribution >= 0.6 is 0 Å². The lowest BCUT2D eigenvalue weighted by Gasteiger charge is -2.26. The van der Waals surface area contributed by atoms with E-state index in [0.717, 1.165) is 4.13 Å². The number of hydrogen-bond acceptors (Lipinski definition) is 4. The van der Waals surface area contributed by atoms with Gasteiger partial charge in [-0.2, -0.15) is 0 Å². The van der Waals surface area contributed by atoms with Crippen LogP contribution in [0.3, 0.4) is 0 Å². The van der Waals surface area contributed by atoms with Crippen LogP contribution in [0.15, 0.2) is 0 Å². The maximum absolute atomic E-state index is 11.1. The molecule has 0 unspecified atom stereocenters. The average Bonchev–Trinajstić information content (AvgIpc) is 2.47. The first-order valence-corrected chi connectivity index (χ1v) is 7.62. The molecule has 1 aliphatic rings. The van der Waals surface area contributed by atoms with Crippen LogP contribution in [0.5, 0.6) is 0 Å². The van der Waals surface area contributed by atoms with E-state index in [1.807, 2.05) is 0 Å². The second-order valence-corrected chi connectivity index (χ2v) is 6.23. The van der Waals surface area contributed by atoms with Crippen LogP contribution in [-0.2, 0) is 20.8 Å². The molecule has 0 amide bonds. The fourth-order valence-corrected chi connectivity index (χ4v) is 2.37. The molecule has 17 heavy (non-hydrogen) atoms. The first-order chi connectivity index (χ1) is 7.47. The fourth-order valence-electron chi connectivity index (χ4n) is 1.52. The topological polar surface area (TPSA) is 82.4 Å². The summed E-state index contributed by atoms with van der Waals surface area (Å²) in [6.45, 7) is 6.43. The third kappa shape index (κ3) is 9.39. The van der Waals surface area contributed by atoms with Gasteiger partial charge in [-0.3, -0.25) is 0 Å². The zero-order valence-corrected chi connectivity index (χ0v) is 11.3. The van der Waals surface area contributed by atoms with E-state index in [4.69, 9.17) is 0 Å². The van der Waals surface area contributed by atoms with Crippen LogP contribution in [0.1, 0.15) is 19.8 Å². The number of nitrogens with zero attached hydrogens (tertiary/aromatic N) is 2. The standard InChI is InChI=1S/C7H16N.F2NO4S2/c1-3-8(2)6-4-5-7-8;1-8(4,5)3-9(2,6)7/h3-7H2,1-2H3;/q+1;-1. The van der Waals surface area contributed by atoms with E-state index in [0.29, 0.717) is 0 Å². The summed E-state index contributed by atoms with van der Waals surface area (Å²) in [7, 11) is -8.89. The number of hydrogen-bond donors (Lipinski definition) is 0. The first kappa shape index (κ1) is 16.7. The largest absolute Gasteiger partial charge is 0.379 e. The van der Waals surface area contributed by atoms with Crippen LogP contribution in [-0.4, -0.2) is 48.0 Å². The van der Waals surface area contributed by atoms with Gasteiger partial charge in [0.1, 0.15) is 0 Å². The van der Waals surface area contributed by atoms with Crippen molar-refractivity contribution in [2.24, 2.45) is 0 Å². The van der Waals surface area contributed by atoms with Crippen LogP contribution in [0.4, 0.5) is 7.77 Å². The zero-order valence-electron chi connectivity index (χ0n) is 9.64. The van der Waals surface area contributed by atoms with E-state index in [2.05, 4.69) is 14.0 Å². The Morgan fingerprint density at radius 1 is 1.06 bits per heavy atom. The second kappa shape index (κ2) is 6.03. The monoisotopic (exact) mass is 294 g/mol. The van der Waals surface area contributed by atoms with Gasteiger partial charge in [-0.05, 0) is 6.92 Å². The van der Waals surface area contributed by atoms with Gasteiger partial charge in [-0.15, -0.1) is 7.77 Å². The van der Waals surface area contributed by atoms with E-state index >= 15 is 0 Å². The molecule has 0 spiro atoms. The zero-order chi connectivity index (χ0) is 13.7. The minimum absolute atomic E-state index is 1.15. The van der Waals surface area contributed by atoms with Crippen LogP contribution < -0.4 is 0 Å². The Morgan fingerprint density at radius 3 is 1.53 bits per heavy atom. The third-order valence-electron chi connectivity index (χ3n) is 2.59. The van der Waals surface area contributed by atoms with E-state index in [9.17, 15) is 24.6 Å². The summed E-state index contributed by atoms with van der Waals surface area (Å²) in [4.78, 5) is 0. The van der Waals surface area contributed by atoms with Gasteiger partial charge >= 0.3 is 0 Å². The molecule has 104 valence electrons. The highest BCUT2D eigenvalue weighted by atomic mass is 32.3. The molecule has 0 radical (unpaired) electrons. The summed E-state index contributed by atoms with van der Waals surface area (Å²) in [5.74, 6) is 0. The molecule has 1 heterocycles. The lowest BCUT2D eigenvalue weighted by molar-refractivity contribution is -0.895. The molecular weight excluding hydrogens is 278 g/mol. The minimum Gasteiger partial charge on any atom is -0.379 e. The predicted molar refractivity (Wildman–Crippen MR) is 59.1 cm³/mol. The Labute approximate surface area is 101 Å². The SMILES string of the molecule is CC[N+]1(C)CCCC1.O=S(=O)(F)[N-]S(=O)(=O)F. The summed E-state index contributed by atoms with van der Waals surface area (Å²) in [6.07, 6.45) is 2.90. The minimum atomic E-state index is -5.62. The Bertz CT molecular complexity index is 399. The molecule has 1 rings (SSSR count). The van der Waals surface area contributed by atoms with Crippen molar-refractivity contribution in [1.29, 1.82) is 0 Å². The molecule has 0 bridgehead atoms. The molecule has 0 aromatic rings.